The number of ether oxygens (including phenoxy) is 2. The van der Waals surface area contributed by atoms with Crippen molar-refractivity contribution in [1.29, 1.82) is 0 Å². The zero-order valence-electron chi connectivity index (χ0n) is 23.0. The summed E-state index contributed by atoms with van der Waals surface area (Å²) < 4.78 is 53.8. The minimum atomic E-state index is -1.59. The monoisotopic (exact) mass is 454 g/mol. The van der Waals surface area contributed by atoms with Gasteiger partial charge in [0.25, 0.3) is 5.91 Å². The topological polar surface area (TPSA) is 88.2 Å². The van der Waals surface area contributed by atoms with Crippen molar-refractivity contribution in [3.8, 4) is 5.75 Å². The van der Waals surface area contributed by atoms with Gasteiger partial charge in [-0.1, -0.05) is 30.2 Å². The SMILES string of the molecule is [2H]c1c([2H])c(C([2H])Oc2cccc3c2CN(C2CCC(=O)NC2=O)C3=O)c([2H])c([2H])c1CN1CCOCC1. The average molecular weight is 455 g/mol. The molecule has 0 aliphatic carbocycles. The molecule has 3 aliphatic heterocycles. The molecule has 3 amide bonds. The summed E-state index contributed by atoms with van der Waals surface area (Å²) in [5.74, 6) is -1.13. The van der Waals surface area contributed by atoms with Crippen LogP contribution in [-0.2, 0) is 34.0 Å². The van der Waals surface area contributed by atoms with Crippen molar-refractivity contribution < 1.29 is 30.7 Å². The first-order valence-electron chi connectivity index (χ1n) is 13.5. The highest BCUT2D eigenvalue weighted by atomic mass is 16.5. The summed E-state index contributed by atoms with van der Waals surface area (Å²) in [4.78, 5) is 40.3. The van der Waals surface area contributed by atoms with E-state index >= 15 is 0 Å². The molecule has 2 fully saturated rings. The number of carbonyl (C=O) groups is 3. The molecular formula is C25H27N3O5. The predicted molar refractivity (Wildman–Crippen MR) is 119 cm³/mol. The number of morpholine rings is 1. The summed E-state index contributed by atoms with van der Waals surface area (Å²) in [6, 6.07) is 2.80. The first-order valence-corrected chi connectivity index (χ1v) is 10.9. The molecule has 2 aromatic rings. The van der Waals surface area contributed by atoms with Crippen LogP contribution in [0.2, 0.25) is 0 Å². The third-order valence-corrected chi connectivity index (χ3v) is 6.02. The first-order chi connectivity index (χ1) is 18.2. The van der Waals surface area contributed by atoms with E-state index in [1.54, 1.807) is 18.2 Å². The van der Waals surface area contributed by atoms with Gasteiger partial charge in [0.2, 0.25) is 11.8 Å². The van der Waals surface area contributed by atoms with Crippen LogP contribution in [0.1, 0.15) is 46.7 Å². The fourth-order valence-corrected chi connectivity index (χ4v) is 4.26. The van der Waals surface area contributed by atoms with E-state index in [1.807, 2.05) is 4.90 Å². The highest BCUT2D eigenvalue weighted by Crippen LogP contribution is 2.34. The molecule has 5 rings (SSSR count). The van der Waals surface area contributed by atoms with Gasteiger partial charge >= 0.3 is 0 Å². The van der Waals surface area contributed by atoms with Crippen LogP contribution in [0.5, 0.6) is 5.75 Å². The third kappa shape index (κ3) is 4.62. The van der Waals surface area contributed by atoms with E-state index in [0.29, 0.717) is 37.4 Å². The smallest absolute Gasteiger partial charge is 0.255 e. The van der Waals surface area contributed by atoms with Crippen molar-refractivity contribution in [1.82, 2.24) is 15.1 Å². The number of nitrogens with one attached hydrogen (secondary N) is 1. The minimum absolute atomic E-state index is 0.0384. The summed E-state index contributed by atoms with van der Waals surface area (Å²) in [5, 5.41) is 2.26. The van der Waals surface area contributed by atoms with Crippen LogP contribution in [0.15, 0.2) is 42.4 Å². The van der Waals surface area contributed by atoms with Crippen molar-refractivity contribution in [2.75, 3.05) is 26.3 Å². The Kier molecular flexibility index (Phi) is 4.63. The maximum absolute atomic E-state index is 13.1. The molecule has 8 nitrogen and oxygen atoms in total. The Morgan fingerprint density at radius 3 is 2.64 bits per heavy atom. The molecule has 172 valence electrons. The maximum atomic E-state index is 13.1. The fourth-order valence-electron chi connectivity index (χ4n) is 4.26. The van der Waals surface area contributed by atoms with Crippen LogP contribution in [0.25, 0.3) is 0 Å². The Hall–Kier alpha value is -3.23. The summed E-state index contributed by atoms with van der Waals surface area (Å²) in [5.41, 5.74) is 0.817. The lowest BCUT2D eigenvalue weighted by Crippen LogP contribution is -2.52. The van der Waals surface area contributed by atoms with E-state index in [-0.39, 0.29) is 72.9 Å². The van der Waals surface area contributed by atoms with Crippen LogP contribution in [0, 0.1) is 0 Å². The number of fused-ring (bicyclic) bond motifs is 1. The van der Waals surface area contributed by atoms with E-state index in [1.165, 1.54) is 4.90 Å². The summed E-state index contributed by atoms with van der Waals surface area (Å²) in [6.07, 6.45) is 0.334. The Balaban J connectivity index is 1.39. The Labute approximate surface area is 199 Å². The van der Waals surface area contributed by atoms with E-state index in [0.717, 1.165) is 0 Å². The lowest BCUT2D eigenvalue weighted by molar-refractivity contribution is -0.136. The lowest BCUT2D eigenvalue weighted by atomic mass is 10.0. The van der Waals surface area contributed by atoms with E-state index in [9.17, 15) is 14.4 Å². The molecule has 0 radical (unpaired) electrons. The number of piperidine rings is 1. The summed E-state index contributed by atoms with van der Waals surface area (Å²) in [7, 11) is 0. The zero-order valence-corrected chi connectivity index (χ0v) is 18.0. The number of hydrogen-bond acceptors (Lipinski definition) is 6. The molecule has 0 aromatic heterocycles. The van der Waals surface area contributed by atoms with E-state index in [4.69, 9.17) is 16.3 Å². The van der Waals surface area contributed by atoms with Gasteiger partial charge in [0, 0.05) is 37.2 Å². The molecule has 33 heavy (non-hydrogen) atoms. The molecule has 8 heteroatoms. The molecule has 3 aliphatic rings. The lowest BCUT2D eigenvalue weighted by Gasteiger charge is -2.29. The van der Waals surface area contributed by atoms with Crippen molar-refractivity contribution in [3.05, 3.63) is 64.6 Å². The highest BCUT2D eigenvalue weighted by molar-refractivity contribution is 6.05. The van der Waals surface area contributed by atoms with Crippen LogP contribution in [0.3, 0.4) is 0 Å². The quantitative estimate of drug-likeness (QED) is 0.671. The second-order valence-corrected chi connectivity index (χ2v) is 8.20. The molecule has 3 heterocycles. The molecule has 0 spiro atoms. The number of amides is 3. The van der Waals surface area contributed by atoms with Crippen LogP contribution in [0.4, 0.5) is 0 Å². The van der Waals surface area contributed by atoms with Crippen molar-refractivity contribution in [3.63, 3.8) is 0 Å². The Morgan fingerprint density at radius 2 is 1.88 bits per heavy atom. The number of carbonyl (C=O) groups excluding carboxylic acids is 3. The van der Waals surface area contributed by atoms with Gasteiger partial charge in [0.1, 0.15) is 18.4 Å². The first kappa shape index (κ1) is 16.4. The Morgan fingerprint density at radius 1 is 1.12 bits per heavy atom. The summed E-state index contributed by atoms with van der Waals surface area (Å²) in [6.45, 7) is 1.01. The van der Waals surface area contributed by atoms with Gasteiger partial charge in [-0.05, 0) is 29.7 Å². The molecule has 2 unspecified atom stereocenters. The zero-order chi connectivity index (χ0) is 27.1. The van der Waals surface area contributed by atoms with Crippen LogP contribution < -0.4 is 10.1 Å². The standard InChI is InChI=1S/C25H27N3O5/c29-23-9-8-21(24(30)26-23)28-15-20-19(25(28)31)2-1-3-22(20)33-16-18-6-4-17(5-7-18)14-27-10-12-32-13-11-27/h1-7,21H,8-16H2,(H,26,29,30)/i4D,5D,6D,7D,16D. The van der Waals surface area contributed by atoms with Gasteiger partial charge in [-0.3, -0.25) is 24.6 Å². The molecule has 1 N–H and O–H groups in total. The Bertz CT molecular complexity index is 1290. The van der Waals surface area contributed by atoms with Gasteiger partial charge in [-0.15, -0.1) is 0 Å². The van der Waals surface area contributed by atoms with Crippen molar-refractivity contribution in [2.24, 2.45) is 0 Å². The van der Waals surface area contributed by atoms with Crippen LogP contribution in [-0.4, -0.2) is 59.9 Å². The minimum Gasteiger partial charge on any atom is -0.489 e. The van der Waals surface area contributed by atoms with Gasteiger partial charge in [-0.25, -0.2) is 0 Å². The number of benzene rings is 2. The average Bonchev–Trinajstić information content (AvgIpc) is 3.23. The van der Waals surface area contributed by atoms with E-state index in [2.05, 4.69) is 5.32 Å². The predicted octanol–water partition coefficient (Wildman–Crippen LogP) is 1.86. The number of hydrogen-bond donors (Lipinski definition) is 1. The third-order valence-electron chi connectivity index (χ3n) is 6.02. The molecule has 2 aromatic carbocycles. The second-order valence-electron chi connectivity index (χ2n) is 8.20. The second kappa shape index (κ2) is 9.33. The maximum Gasteiger partial charge on any atom is 0.255 e. The van der Waals surface area contributed by atoms with Gasteiger partial charge in [-0.2, -0.15) is 0 Å². The molecule has 0 saturated carbocycles. The number of nitrogens with zero attached hydrogens (tertiary/aromatic N) is 2. The number of imide groups is 1. The number of rotatable bonds is 6. The normalized spacial score (nSPS) is 24.2. The van der Waals surface area contributed by atoms with Gasteiger partial charge in [0.05, 0.1) is 26.6 Å². The molecule has 0 bridgehead atoms. The van der Waals surface area contributed by atoms with Gasteiger partial charge in [0.15, 0.2) is 0 Å². The molecule has 2 atom stereocenters. The molecule has 2 saturated heterocycles. The largest absolute Gasteiger partial charge is 0.489 e. The molecular weight excluding hydrogens is 422 g/mol. The van der Waals surface area contributed by atoms with Crippen molar-refractivity contribution in [2.45, 2.75) is 38.6 Å². The summed E-state index contributed by atoms with van der Waals surface area (Å²) >= 11 is 0. The van der Waals surface area contributed by atoms with Crippen LogP contribution >= 0.6 is 0 Å². The highest BCUT2D eigenvalue weighted by Gasteiger charge is 2.40. The van der Waals surface area contributed by atoms with Crippen molar-refractivity contribution >= 4 is 17.7 Å². The van der Waals surface area contributed by atoms with Gasteiger partial charge < -0.3 is 14.4 Å². The van der Waals surface area contributed by atoms with E-state index < -0.39 is 24.4 Å². The fraction of sp³-hybridized carbons (Fsp3) is 0.400.